The Labute approximate surface area is 254 Å². The second-order valence-corrected chi connectivity index (χ2v) is 12.7. The molecule has 4 nitrogen and oxygen atoms in total. The molecule has 0 radical (unpaired) electrons. The van der Waals surface area contributed by atoms with E-state index in [0.717, 1.165) is 46.8 Å². The van der Waals surface area contributed by atoms with Crippen molar-refractivity contribution >= 4 is 62.7 Å². The first-order valence-electron chi connectivity index (χ1n) is 13.3. The molecule has 3 aromatic rings. The van der Waals surface area contributed by atoms with Crippen molar-refractivity contribution in [2.24, 2.45) is 0 Å². The van der Waals surface area contributed by atoms with Crippen molar-refractivity contribution in [1.29, 1.82) is 0 Å². The average Bonchev–Trinajstić information content (AvgIpc) is 2.93. The largest absolute Gasteiger partial charge is 0.352 e. The van der Waals surface area contributed by atoms with E-state index >= 15 is 0 Å². The lowest BCUT2D eigenvalue weighted by atomic mass is 9.94. The van der Waals surface area contributed by atoms with Gasteiger partial charge in [0.1, 0.15) is 6.04 Å². The zero-order chi connectivity index (χ0) is 27.6. The van der Waals surface area contributed by atoms with Gasteiger partial charge in [0, 0.05) is 29.2 Å². The average molecular weight is 648 g/mol. The van der Waals surface area contributed by atoms with Crippen LogP contribution in [0, 0.1) is 0 Å². The van der Waals surface area contributed by atoms with Crippen LogP contribution < -0.4 is 5.32 Å². The van der Waals surface area contributed by atoms with Crippen LogP contribution in [0.15, 0.2) is 77.3 Å². The summed E-state index contributed by atoms with van der Waals surface area (Å²) in [6.45, 7) is 0.348. The summed E-state index contributed by atoms with van der Waals surface area (Å²) < 4.78 is 0.938. The number of halogens is 3. The molecular weight excluding hydrogens is 615 g/mol. The van der Waals surface area contributed by atoms with Crippen molar-refractivity contribution in [3.8, 4) is 0 Å². The number of thioether (sulfide) groups is 1. The summed E-state index contributed by atoms with van der Waals surface area (Å²) in [5.41, 5.74) is 2.99. The summed E-state index contributed by atoms with van der Waals surface area (Å²) in [6.07, 6.45) is 5.90. The number of nitrogens with zero attached hydrogens (tertiary/aromatic N) is 1. The predicted molar refractivity (Wildman–Crippen MR) is 166 cm³/mol. The summed E-state index contributed by atoms with van der Waals surface area (Å²) in [5.74, 6) is 0.713. The third-order valence-electron chi connectivity index (χ3n) is 6.94. The zero-order valence-corrected chi connectivity index (χ0v) is 25.7. The number of hydrogen-bond donors (Lipinski definition) is 1. The molecule has 0 unspecified atom stereocenters. The molecule has 2 amide bonds. The molecule has 1 saturated carbocycles. The van der Waals surface area contributed by atoms with Crippen LogP contribution >= 0.6 is 50.9 Å². The number of rotatable bonds is 11. The molecule has 4 rings (SSSR count). The normalized spacial score (nSPS) is 14.5. The van der Waals surface area contributed by atoms with Gasteiger partial charge in [-0.1, -0.05) is 107 Å². The molecule has 39 heavy (non-hydrogen) atoms. The number of carbonyl (C=O) groups excluding carboxylic acids is 2. The number of hydrogen-bond acceptors (Lipinski definition) is 3. The highest BCUT2D eigenvalue weighted by molar-refractivity contribution is 9.10. The summed E-state index contributed by atoms with van der Waals surface area (Å²) in [5, 5.41) is 4.30. The standard InChI is InChI=1S/C31H33BrCl2N2O2S/c32-25-11-7-10-23(16-25)19-36(30(37)21-39-20-24-14-15-27(33)28(34)17-24)29(18-22-8-3-1-4-9-22)31(38)35-26-12-5-2-6-13-26/h1,3-4,7-11,14-17,26,29H,2,5-6,12-13,18-21H2,(H,35,38)/t29-/m1/s1. The monoisotopic (exact) mass is 646 g/mol. The van der Waals surface area contributed by atoms with E-state index in [1.54, 1.807) is 11.0 Å². The number of nitrogens with one attached hydrogen (secondary N) is 1. The Balaban J connectivity index is 1.56. The van der Waals surface area contributed by atoms with Crippen molar-refractivity contribution in [1.82, 2.24) is 10.2 Å². The SMILES string of the molecule is O=C(NC1CCCCC1)[C@@H](Cc1ccccc1)N(Cc1cccc(Br)c1)C(=O)CSCc1ccc(Cl)c(Cl)c1. The minimum absolute atomic E-state index is 0.0697. The van der Waals surface area contributed by atoms with Gasteiger partial charge in [0.25, 0.3) is 0 Å². The Bertz CT molecular complexity index is 1250. The number of benzene rings is 3. The molecule has 8 heteroatoms. The van der Waals surface area contributed by atoms with E-state index in [9.17, 15) is 9.59 Å². The van der Waals surface area contributed by atoms with Gasteiger partial charge in [-0.25, -0.2) is 0 Å². The molecule has 1 N–H and O–H groups in total. The first kappa shape index (κ1) is 30.0. The summed E-state index contributed by atoms with van der Waals surface area (Å²) in [7, 11) is 0. The predicted octanol–water partition coefficient (Wildman–Crippen LogP) is 8.08. The third-order valence-corrected chi connectivity index (χ3v) is 9.16. The fraction of sp³-hybridized carbons (Fsp3) is 0.355. The molecule has 0 aromatic heterocycles. The lowest BCUT2D eigenvalue weighted by Crippen LogP contribution is -2.53. The highest BCUT2D eigenvalue weighted by atomic mass is 79.9. The second kappa shape index (κ2) is 15.1. The summed E-state index contributed by atoms with van der Waals surface area (Å²) >= 11 is 17.3. The van der Waals surface area contributed by atoms with Crippen LogP contribution in [0.25, 0.3) is 0 Å². The van der Waals surface area contributed by atoms with E-state index in [4.69, 9.17) is 23.2 Å². The van der Waals surface area contributed by atoms with Gasteiger partial charge in [-0.2, -0.15) is 0 Å². The van der Waals surface area contributed by atoms with Gasteiger partial charge < -0.3 is 10.2 Å². The quantitative estimate of drug-likeness (QED) is 0.229. The van der Waals surface area contributed by atoms with E-state index < -0.39 is 6.04 Å². The Hall–Kier alpha value is -1.99. The van der Waals surface area contributed by atoms with E-state index in [0.29, 0.717) is 28.8 Å². The number of carbonyl (C=O) groups is 2. The van der Waals surface area contributed by atoms with Gasteiger partial charge in [0.05, 0.1) is 15.8 Å². The lowest BCUT2D eigenvalue weighted by molar-refractivity contribution is -0.139. The highest BCUT2D eigenvalue weighted by Crippen LogP contribution is 2.26. The van der Waals surface area contributed by atoms with Crippen molar-refractivity contribution < 1.29 is 9.59 Å². The topological polar surface area (TPSA) is 49.4 Å². The first-order chi connectivity index (χ1) is 18.9. The van der Waals surface area contributed by atoms with Crippen molar-refractivity contribution in [2.75, 3.05) is 5.75 Å². The van der Waals surface area contributed by atoms with Gasteiger partial charge in [-0.3, -0.25) is 9.59 Å². The molecule has 0 saturated heterocycles. The van der Waals surface area contributed by atoms with Crippen LogP contribution in [0.2, 0.25) is 10.0 Å². The third kappa shape index (κ3) is 9.28. The number of amides is 2. The van der Waals surface area contributed by atoms with E-state index in [1.807, 2.05) is 66.7 Å². The fourth-order valence-electron chi connectivity index (χ4n) is 4.90. The van der Waals surface area contributed by atoms with Crippen LogP contribution in [0.5, 0.6) is 0 Å². The Morgan fingerprint density at radius 1 is 0.897 bits per heavy atom. The maximum atomic E-state index is 13.8. The Morgan fingerprint density at radius 3 is 2.36 bits per heavy atom. The molecule has 206 valence electrons. The van der Waals surface area contributed by atoms with Crippen molar-refractivity contribution in [3.05, 3.63) is 104 Å². The smallest absolute Gasteiger partial charge is 0.243 e. The van der Waals surface area contributed by atoms with E-state index in [1.165, 1.54) is 18.2 Å². The molecule has 1 fully saturated rings. The van der Waals surface area contributed by atoms with Gasteiger partial charge in [0.15, 0.2) is 0 Å². The molecule has 1 aliphatic rings. The molecule has 0 aliphatic heterocycles. The molecule has 1 aliphatic carbocycles. The first-order valence-corrected chi connectivity index (χ1v) is 16.0. The minimum atomic E-state index is -0.619. The maximum Gasteiger partial charge on any atom is 0.243 e. The molecule has 0 heterocycles. The van der Waals surface area contributed by atoms with Crippen molar-refractivity contribution in [2.45, 2.75) is 62.9 Å². The maximum absolute atomic E-state index is 13.8. The zero-order valence-electron chi connectivity index (χ0n) is 21.8. The molecular formula is C31H33BrCl2N2O2S. The molecule has 3 aromatic carbocycles. The summed E-state index contributed by atoms with van der Waals surface area (Å²) in [6, 6.07) is 22.9. The fourth-order valence-corrected chi connectivity index (χ4v) is 6.52. The minimum Gasteiger partial charge on any atom is -0.352 e. The van der Waals surface area contributed by atoms with Crippen LogP contribution in [0.3, 0.4) is 0 Å². The van der Waals surface area contributed by atoms with E-state index in [2.05, 4.69) is 21.2 Å². The summed E-state index contributed by atoms with van der Waals surface area (Å²) in [4.78, 5) is 29.4. The van der Waals surface area contributed by atoms with Gasteiger partial charge in [-0.05, 0) is 53.8 Å². The molecule has 0 spiro atoms. The Kier molecular flexibility index (Phi) is 11.6. The highest BCUT2D eigenvalue weighted by Gasteiger charge is 2.31. The van der Waals surface area contributed by atoms with Gasteiger partial charge >= 0.3 is 0 Å². The molecule has 0 bridgehead atoms. The van der Waals surface area contributed by atoms with E-state index in [-0.39, 0.29) is 23.6 Å². The van der Waals surface area contributed by atoms with Crippen LogP contribution in [0.1, 0.15) is 48.8 Å². The Morgan fingerprint density at radius 2 is 1.64 bits per heavy atom. The lowest BCUT2D eigenvalue weighted by Gasteiger charge is -2.33. The van der Waals surface area contributed by atoms with Crippen LogP contribution in [0.4, 0.5) is 0 Å². The van der Waals surface area contributed by atoms with Crippen LogP contribution in [-0.2, 0) is 28.3 Å². The van der Waals surface area contributed by atoms with Crippen molar-refractivity contribution in [3.63, 3.8) is 0 Å². The van der Waals surface area contributed by atoms with Gasteiger partial charge in [-0.15, -0.1) is 11.8 Å². The molecule has 1 atom stereocenters. The van der Waals surface area contributed by atoms with Gasteiger partial charge in [0.2, 0.25) is 11.8 Å². The second-order valence-electron chi connectivity index (χ2n) is 9.94. The van der Waals surface area contributed by atoms with Crippen LogP contribution in [-0.4, -0.2) is 34.6 Å².